The van der Waals surface area contributed by atoms with Crippen LogP contribution in [0.2, 0.25) is 0 Å². The lowest BCUT2D eigenvalue weighted by Gasteiger charge is -2.11. The molecule has 2 heterocycles. The van der Waals surface area contributed by atoms with Gasteiger partial charge >= 0.3 is 0 Å². The minimum absolute atomic E-state index is 0.220. The summed E-state index contributed by atoms with van der Waals surface area (Å²) in [5.41, 5.74) is 9.50. The number of aromatic amines is 1. The highest BCUT2D eigenvalue weighted by molar-refractivity contribution is 5.96. The normalized spacial score (nSPS) is 15.6. The van der Waals surface area contributed by atoms with Gasteiger partial charge in [-0.1, -0.05) is 0 Å². The number of nitrogens with two attached hydrogens (primary N) is 1. The number of nitrogens with zero attached hydrogens (tertiary/aromatic N) is 3. The summed E-state index contributed by atoms with van der Waals surface area (Å²) >= 11 is 0. The molecule has 1 aromatic carbocycles. The Balaban J connectivity index is 1.50. The van der Waals surface area contributed by atoms with Gasteiger partial charge in [0.05, 0.1) is 17.1 Å². The van der Waals surface area contributed by atoms with Crippen LogP contribution in [0.15, 0.2) is 30.5 Å². The van der Waals surface area contributed by atoms with Gasteiger partial charge in [0.2, 0.25) is 5.91 Å². The van der Waals surface area contributed by atoms with Gasteiger partial charge in [0, 0.05) is 37.0 Å². The molecule has 1 atom stereocenters. The van der Waals surface area contributed by atoms with Crippen LogP contribution in [-0.2, 0) is 18.3 Å². The summed E-state index contributed by atoms with van der Waals surface area (Å²) in [7, 11) is 2.04. The van der Waals surface area contributed by atoms with Gasteiger partial charge in [-0.3, -0.25) is 9.89 Å². The first-order valence-corrected chi connectivity index (χ1v) is 8.13. The van der Waals surface area contributed by atoms with Crippen LogP contribution in [0, 0.1) is 0 Å². The van der Waals surface area contributed by atoms with Crippen LogP contribution in [0.3, 0.4) is 0 Å². The number of carbonyl (C=O) groups excluding carboxylic acids is 1. The molecule has 0 aliphatic heterocycles. The number of benzene rings is 1. The molecule has 0 radical (unpaired) electrons. The standard InChI is InChI=1S/C17H20N6O/c1-23-15-5-4-11(9-14(15)21-16(23)10-2-3-10)20-17(24)13(18)8-12-6-7-19-22-12/h4-7,9-10,13H,2-3,8,18H2,1H3,(H,19,22)(H,20,24). The van der Waals surface area contributed by atoms with E-state index in [0.717, 1.165) is 22.6 Å². The highest BCUT2D eigenvalue weighted by atomic mass is 16.2. The molecule has 0 saturated heterocycles. The van der Waals surface area contributed by atoms with E-state index < -0.39 is 6.04 Å². The summed E-state index contributed by atoms with van der Waals surface area (Å²) in [6, 6.07) is 6.97. The van der Waals surface area contributed by atoms with Crippen molar-refractivity contribution in [3.8, 4) is 0 Å². The molecule has 0 bridgehead atoms. The molecule has 4 N–H and O–H groups in total. The van der Waals surface area contributed by atoms with Crippen LogP contribution in [0.4, 0.5) is 5.69 Å². The second-order valence-electron chi connectivity index (χ2n) is 6.39. The zero-order chi connectivity index (χ0) is 16.7. The van der Waals surface area contributed by atoms with E-state index in [1.807, 2.05) is 31.3 Å². The van der Waals surface area contributed by atoms with E-state index >= 15 is 0 Å². The number of hydrogen-bond acceptors (Lipinski definition) is 4. The molecule has 1 aliphatic carbocycles. The Kier molecular flexibility index (Phi) is 3.57. The maximum atomic E-state index is 12.3. The summed E-state index contributed by atoms with van der Waals surface area (Å²) in [5, 5.41) is 9.55. The number of H-pyrrole nitrogens is 1. The van der Waals surface area contributed by atoms with E-state index in [4.69, 9.17) is 10.7 Å². The number of rotatable bonds is 5. The van der Waals surface area contributed by atoms with Crippen LogP contribution in [0.1, 0.15) is 30.3 Å². The Hall–Kier alpha value is -2.67. The largest absolute Gasteiger partial charge is 0.331 e. The van der Waals surface area contributed by atoms with Gasteiger partial charge in [0.15, 0.2) is 0 Å². The van der Waals surface area contributed by atoms with Crippen LogP contribution < -0.4 is 11.1 Å². The maximum absolute atomic E-state index is 12.3. The Labute approximate surface area is 139 Å². The highest BCUT2D eigenvalue weighted by Gasteiger charge is 2.28. The molecule has 2 aromatic heterocycles. The Morgan fingerprint density at radius 2 is 2.29 bits per heavy atom. The summed E-state index contributed by atoms with van der Waals surface area (Å²) in [6.45, 7) is 0. The van der Waals surface area contributed by atoms with Crippen molar-refractivity contribution in [3.63, 3.8) is 0 Å². The van der Waals surface area contributed by atoms with E-state index in [0.29, 0.717) is 18.0 Å². The molecule has 1 saturated carbocycles. The first-order valence-electron chi connectivity index (χ1n) is 8.13. The first kappa shape index (κ1) is 14.9. The first-order chi connectivity index (χ1) is 11.6. The number of aromatic nitrogens is 4. The molecule has 0 spiro atoms. The molecule has 4 rings (SSSR count). The monoisotopic (exact) mass is 324 g/mol. The van der Waals surface area contributed by atoms with Gasteiger partial charge in [-0.05, 0) is 37.1 Å². The zero-order valence-corrected chi connectivity index (χ0v) is 13.5. The van der Waals surface area contributed by atoms with Gasteiger partial charge in [-0.25, -0.2) is 4.98 Å². The Morgan fingerprint density at radius 1 is 1.46 bits per heavy atom. The number of fused-ring (bicyclic) bond motifs is 1. The SMILES string of the molecule is Cn1c(C2CC2)nc2cc(NC(=O)C(N)Cc3ccn[nH]3)ccc21. The Morgan fingerprint density at radius 3 is 3.00 bits per heavy atom. The quantitative estimate of drug-likeness (QED) is 0.664. The van der Waals surface area contributed by atoms with Crippen molar-refractivity contribution in [1.82, 2.24) is 19.7 Å². The number of carbonyl (C=O) groups is 1. The number of hydrogen-bond donors (Lipinski definition) is 3. The van der Waals surface area contributed by atoms with Gasteiger partial charge in [0.1, 0.15) is 5.82 Å². The molecule has 1 amide bonds. The number of anilines is 1. The fourth-order valence-corrected chi connectivity index (χ4v) is 2.97. The van der Waals surface area contributed by atoms with Gasteiger partial charge in [-0.2, -0.15) is 5.10 Å². The molecular weight excluding hydrogens is 304 g/mol. The maximum Gasteiger partial charge on any atom is 0.241 e. The Bertz CT molecular complexity index is 878. The summed E-state index contributed by atoms with van der Waals surface area (Å²) in [6.07, 6.45) is 4.49. The van der Waals surface area contributed by atoms with Crippen molar-refractivity contribution >= 4 is 22.6 Å². The average Bonchev–Trinajstić information content (AvgIpc) is 3.19. The molecule has 7 heteroatoms. The summed E-state index contributed by atoms with van der Waals surface area (Å²) in [5.74, 6) is 1.50. The van der Waals surface area contributed by atoms with E-state index in [9.17, 15) is 4.79 Å². The van der Waals surface area contributed by atoms with E-state index in [1.165, 1.54) is 12.8 Å². The molecular formula is C17H20N6O. The van der Waals surface area contributed by atoms with Crippen LogP contribution >= 0.6 is 0 Å². The molecule has 7 nitrogen and oxygen atoms in total. The van der Waals surface area contributed by atoms with Crippen molar-refractivity contribution in [2.45, 2.75) is 31.2 Å². The number of imidazole rings is 1. The fourth-order valence-electron chi connectivity index (χ4n) is 2.97. The molecule has 1 aliphatic rings. The number of nitrogens with one attached hydrogen (secondary N) is 2. The predicted octanol–water partition coefficient (Wildman–Crippen LogP) is 1.68. The third-order valence-electron chi connectivity index (χ3n) is 4.46. The molecule has 3 aromatic rings. The molecule has 124 valence electrons. The zero-order valence-electron chi connectivity index (χ0n) is 13.5. The van der Waals surface area contributed by atoms with E-state index in [2.05, 4.69) is 20.1 Å². The highest BCUT2D eigenvalue weighted by Crippen LogP contribution is 2.40. The van der Waals surface area contributed by atoms with E-state index in [1.54, 1.807) is 6.20 Å². The third-order valence-corrected chi connectivity index (χ3v) is 4.46. The van der Waals surface area contributed by atoms with Gasteiger partial charge in [-0.15, -0.1) is 0 Å². The molecule has 1 unspecified atom stereocenters. The molecule has 1 fully saturated rings. The minimum Gasteiger partial charge on any atom is -0.331 e. The third kappa shape index (κ3) is 2.78. The topological polar surface area (TPSA) is 102 Å². The summed E-state index contributed by atoms with van der Waals surface area (Å²) < 4.78 is 2.14. The molecule has 24 heavy (non-hydrogen) atoms. The van der Waals surface area contributed by atoms with E-state index in [-0.39, 0.29) is 5.91 Å². The number of amides is 1. The number of aryl methyl sites for hydroxylation is 1. The average molecular weight is 324 g/mol. The van der Waals surface area contributed by atoms with Crippen molar-refractivity contribution in [2.75, 3.05) is 5.32 Å². The fraction of sp³-hybridized carbons (Fsp3) is 0.353. The summed E-state index contributed by atoms with van der Waals surface area (Å²) in [4.78, 5) is 17.0. The second kappa shape index (κ2) is 5.76. The van der Waals surface area contributed by atoms with Crippen LogP contribution in [0.5, 0.6) is 0 Å². The lowest BCUT2D eigenvalue weighted by Crippen LogP contribution is -2.37. The van der Waals surface area contributed by atoms with Crippen molar-refractivity contribution in [3.05, 3.63) is 42.0 Å². The van der Waals surface area contributed by atoms with Crippen LogP contribution in [0.25, 0.3) is 11.0 Å². The van der Waals surface area contributed by atoms with Crippen molar-refractivity contribution in [2.24, 2.45) is 12.8 Å². The smallest absolute Gasteiger partial charge is 0.241 e. The lowest BCUT2D eigenvalue weighted by molar-refractivity contribution is -0.117. The van der Waals surface area contributed by atoms with Gasteiger partial charge < -0.3 is 15.6 Å². The van der Waals surface area contributed by atoms with Crippen molar-refractivity contribution in [1.29, 1.82) is 0 Å². The lowest BCUT2D eigenvalue weighted by atomic mass is 10.1. The van der Waals surface area contributed by atoms with Gasteiger partial charge in [0.25, 0.3) is 0 Å². The van der Waals surface area contributed by atoms with Crippen molar-refractivity contribution < 1.29 is 4.79 Å². The minimum atomic E-state index is -0.632. The van der Waals surface area contributed by atoms with Crippen LogP contribution in [-0.4, -0.2) is 31.7 Å². The second-order valence-corrected chi connectivity index (χ2v) is 6.39. The predicted molar refractivity (Wildman–Crippen MR) is 91.6 cm³/mol.